The second kappa shape index (κ2) is 4.13. The van der Waals surface area contributed by atoms with Crippen molar-refractivity contribution in [1.82, 2.24) is 15.0 Å². The van der Waals surface area contributed by atoms with Gasteiger partial charge in [-0.05, 0) is 32.5 Å². The molecule has 2 heterocycles. The molecule has 2 N–H and O–H groups in total. The van der Waals surface area contributed by atoms with Crippen molar-refractivity contribution in [2.45, 2.75) is 31.0 Å². The molecule has 84 valence electrons. The summed E-state index contributed by atoms with van der Waals surface area (Å²) in [5.41, 5.74) is 6.52. The minimum absolute atomic E-state index is 0.454. The molecule has 0 saturated carbocycles. The Hall–Kier alpha value is -1.56. The predicted molar refractivity (Wildman–Crippen MR) is 61.3 cm³/mol. The Labute approximate surface area is 97.5 Å². The van der Waals surface area contributed by atoms with Crippen LogP contribution in [0.1, 0.15) is 17.3 Å². The standard InChI is InChI=1S/C10H12N4OS/c1-5-6(2)15-10(12-5)16-9-4-8(11)13-7(3)14-9/h4H,1-3H3,(H2,11,13,14). The molecule has 0 fully saturated rings. The Morgan fingerprint density at radius 3 is 2.50 bits per heavy atom. The summed E-state index contributed by atoms with van der Waals surface area (Å²) in [5.74, 6) is 1.92. The number of rotatable bonds is 2. The molecule has 0 atom stereocenters. The van der Waals surface area contributed by atoms with Gasteiger partial charge in [0.1, 0.15) is 22.4 Å². The lowest BCUT2D eigenvalue weighted by Crippen LogP contribution is -1.96. The van der Waals surface area contributed by atoms with Gasteiger partial charge < -0.3 is 10.2 Å². The second-order valence-electron chi connectivity index (χ2n) is 3.40. The van der Waals surface area contributed by atoms with Gasteiger partial charge >= 0.3 is 0 Å². The van der Waals surface area contributed by atoms with Gasteiger partial charge in [0, 0.05) is 6.07 Å². The van der Waals surface area contributed by atoms with Crippen LogP contribution in [0.4, 0.5) is 5.82 Å². The summed E-state index contributed by atoms with van der Waals surface area (Å²) in [4.78, 5) is 12.5. The lowest BCUT2D eigenvalue weighted by atomic mass is 10.4. The summed E-state index contributed by atoms with van der Waals surface area (Å²) in [6.07, 6.45) is 0. The first kappa shape index (κ1) is 10.9. The molecule has 0 spiro atoms. The predicted octanol–water partition coefficient (Wildman–Crippen LogP) is 2.12. The summed E-state index contributed by atoms with van der Waals surface area (Å²) in [6.45, 7) is 5.58. The average molecular weight is 236 g/mol. The van der Waals surface area contributed by atoms with Crippen LogP contribution in [0.3, 0.4) is 0 Å². The Kier molecular flexibility index (Phi) is 2.82. The second-order valence-corrected chi connectivity index (χ2v) is 4.37. The van der Waals surface area contributed by atoms with Crippen molar-refractivity contribution < 1.29 is 4.42 Å². The first-order valence-electron chi connectivity index (χ1n) is 4.77. The molecule has 5 nitrogen and oxygen atoms in total. The number of aryl methyl sites for hydroxylation is 3. The van der Waals surface area contributed by atoms with Gasteiger partial charge in [0.05, 0.1) is 5.69 Å². The molecular formula is C10H12N4OS. The van der Waals surface area contributed by atoms with Crippen LogP contribution < -0.4 is 5.73 Å². The fraction of sp³-hybridized carbons (Fsp3) is 0.300. The van der Waals surface area contributed by atoms with Gasteiger partial charge in [0.25, 0.3) is 5.22 Å². The van der Waals surface area contributed by atoms with E-state index in [1.807, 2.05) is 13.8 Å². The first-order valence-corrected chi connectivity index (χ1v) is 5.59. The normalized spacial score (nSPS) is 10.7. The van der Waals surface area contributed by atoms with Crippen molar-refractivity contribution in [2.75, 3.05) is 5.73 Å². The fourth-order valence-electron chi connectivity index (χ4n) is 1.19. The third-order valence-corrected chi connectivity index (χ3v) is 2.80. The zero-order valence-corrected chi connectivity index (χ0v) is 10.1. The van der Waals surface area contributed by atoms with Gasteiger partial charge in [-0.25, -0.2) is 15.0 Å². The van der Waals surface area contributed by atoms with Crippen LogP contribution >= 0.6 is 11.8 Å². The lowest BCUT2D eigenvalue weighted by Gasteiger charge is -1.99. The molecule has 0 aliphatic heterocycles. The highest BCUT2D eigenvalue weighted by atomic mass is 32.2. The van der Waals surface area contributed by atoms with Gasteiger partial charge in [-0.15, -0.1) is 0 Å². The maximum absolute atomic E-state index is 5.63. The molecule has 6 heteroatoms. The van der Waals surface area contributed by atoms with Crippen LogP contribution in [0.5, 0.6) is 0 Å². The SMILES string of the molecule is Cc1nc(N)cc(Sc2nc(C)c(C)o2)n1. The van der Waals surface area contributed by atoms with E-state index in [4.69, 9.17) is 10.2 Å². The van der Waals surface area contributed by atoms with Crippen molar-refractivity contribution >= 4 is 17.6 Å². The molecule has 2 aromatic heterocycles. The Bertz CT molecular complexity index is 484. The molecule has 0 aliphatic rings. The maximum Gasteiger partial charge on any atom is 0.262 e. The molecule has 0 amide bonds. The van der Waals surface area contributed by atoms with Gasteiger partial charge in [-0.2, -0.15) is 0 Å². The van der Waals surface area contributed by atoms with E-state index in [-0.39, 0.29) is 0 Å². The Balaban J connectivity index is 2.26. The number of nitrogen functional groups attached to an aromatic ring is 1. The number of oxazole rings is 1. The molecule has 0 aliphatic carbocycles. The largest absolute Gasteiger partial charge is 0.436 e. The minimum Gasteiger partial charge on any atom is -0.436 e. The number of nitrogens with zero attached hydrogens (tertiary/aromatic N) is 3. The van der Waals surface area contributed by atoms with Crippen LogP contribution in [0.25, 0.3) is 0 Å². The van der Waals surface area contributed by atoms with E-state index in [0.717, 1.165) is 16.5 Å². The summed E-state index contributed by atoms with van der Waals surface area (Å²) >= 11 is 1.34. The maximum atomic E-state index is 5.63. The zero-order chi connectivity index (χ0) is 11.7. The zero-order valence-electron chi connectivity index (χ0n) is 9.31. The number of anilines is 1. The van der Waals surface area contributed by atoms with E-state index >= 15 is 0 Å². The Morgan fingerprint density at radius 1 is 1.19 bits per heavy atom. The first-order chi connectivity index (χ1) is 7.54. The van der Waals surface area contributed by atoms with Crippen LogP contribution in [0, 0.1) is 20.8 Å². The molecule has 0 radical (unpaired) electrons. The van der Waals surface area contributed by atoms with Crippen molar-refractivity contribution in [3.05, 3.63) is 23.3 Å². The molecule has 0 bridgehead atoms. The van der Waals surface area contributed by atoms with Gasteiger partial charge in [-0.1, -0.05) is 0 Å². The van der Waals surface area contributed by atoms with Crippen LogP contribution in [0.2, 0.25) is 0 Å². The molecule has 2 aromatic rings. The Morgan fingerprint density at radius 2 is 1.94 bits per heavy atom. The topological polar surface area (TPSA) is 77.8 Å². The summed E-state index contributed by atoms with van der Waals surface area (Å²) < 4.78 is 5.45. The summed E-state index contributed by atoms with van der Waals surface area (Å²) in [6, 6.07) is 1.70. The van der Waals surface area contributed by atoms with Gasteiger partial charge in [0.2, 0.25) is 0 Å². The molecular weight excluding hydrogens is 224 g/mol. The van der Waals surface area contributed by atoms with Crippen LogP contribution in [-0.4, -0.2) is 15.0 Å². The van der Waals surface area contributed by atoms with Crippen LogP contribution in [0.15, 0.2) is 20.7 Å². The molecule has 2 rings (SSSR count). The third kappa shape index (κ3) is 2.33. The number of hydrogen-bond donors (Lipinski definition) is 1. The quantitative estimate of drug-likeness (QED) is 0.805. The van der Waals surface area contributed by atoms with E-state index in [1.54, 1.807) is 13.0 Å². The molecule has 0 unspecified atom stereocenters. The van der Waals surface area contributed by atoms with Gasteiger partial charge in [-0.3, -0.25) is 0 Å². The minimum atomic E-state index is 0.454. The molecule has 16 heavy (non-hydrogen) atoms. The number of nitrogens with two attached hydrogens (primary N) is 1. The highest BCUT2D eigenvalue weighted by Gasteiger charge is 2.09. The molecule has 0 saturated heterocycles. The van der Waals surface area contributed by atoms with E-state index < -0.39 is 0 Å². The van der Waals surface area contributed by atoms with E-state index in [9.17, 15) is 0 Å². The molecule has 0 aromatic carbocycles. The summed E-state index contributed by atoms with van der Waals surface area (Å²) in [5, 5.41) is 1.32. The lowest BCUT2D eigenvalue weighted by molar-refractivity contribution is 0.431. The average Bonchev–Trinajstić information content (AvgIpc) is 2.43. The monoisotopic (exact) mass is 236 g/mol. The van der Waals surface area contributed by atoms with Crippen LogP contribution in [-0.2, 0) is 0 Å². The highest BCUT2D eigenvalue weighted by molar-refractivity contribution is 7.99. The van der Waals surface area contributed by atoms with E-state index in [1.165, 1.54) is 11.8 Å². The number of hydrogen-bond acceptors (Lipinski definition) is 6. The van der Waals surface area contributed by atoms with Gasteiger partial charge in [0.15, 0.2) is 0 Å². The highest BCUT2D eigenvalue weighted by Crippen LogP contribution is 2.27. The van der Waals surface area contributed by atoms with E-state index in [2.05, 4.69) is 15.0 Å². The smallest absolute Gasteiger partial charge is 0.262 e. The van der Waals surface area contributed by atoms with E-state index in [0.29, 0.717) is 16.9 Å². The third-order valence-electron chi connectivity index (χ3n) is 2.04. The number of aromatic nitrogens is 3. The van der Waals surface area contributed by atoms with Crippen molar-refractivity contribution in [3.8, 4) is 0 Å². The summed E-state index contributed by atoms with van der Waals surface area (Å²) in [7, 11) is 0. The van der Waals surface area contributed by atoms with Crippen molar-refractivity contribution in [1.29, 1.82) is 0 Å². The van der Waals surface area contributed by atoms with Crippen molar-refractivity contribution in [2.24, 2.45) is 0 Å². The van der Waals surface area contributed by atoms with Crippen molar-refractivity contribution in [3.63, 3.8) is 0 Å². The fourth-order valence-corrected chi connectivity index (χ4v) is 2.08.